The molecule has 1 saturated heterocycles. The highest BCUT2D eigenvalue weighted by atomic mass is 16.5. The van der Waals surface area contributed by atoms with Crippen molar-refractivity contribution in [3.63, 3.8) is 0 Å². The lowest BCUT2D eigenvalue weighted by Gasteiger charge is -2.24. The maximum atomic E-state index is 11.3. The molecule has 6 heteroatoms. The number of rotatable bonds is 3. The van der Waals surface area contributed by atoms with Crippen LogP contribution < -0.4 is 5.32 Å². The van der Waals surface area contributed by atoms with Crippen molar-refractivity contribution in [3.8, 4) is 5.69 Å². The average Bonchev–Trinajstić information content (AvgIpc) is 2.95. The normalized spacial score (nSPS) is 18.9. The Morgan fingerprint density at radius 3 is 2.95 bits per heavy atom. The number of hydrogen-bond acceptors (Lipinski definition) is 4. The minimum Gasteiger partial charge on any atom is -0.369 e. The maximum absolute atomic E-state index is 11.3. The number of amides is 1. The zero-order valence-corrected chi connectivity index (χ0v) is 11.2. The summed E-state index contributed by atoms with van der Waals surface area (Å²) in [6.07, 6.45) is 4.04. The zero-order valence-electron chi connectivity index (χ0n) is 11.2. The summed E-state index contributed by atoms with van der Waals surface area (Å²) in [5, 5.41) is 11.2. The third kappa shape index (κ3) is 2.70. The van der Waals surface area contributed by atoms with Gasteiger partial charge >= 0.3 is 0 Å². The summed E-state index contributed by atoms with van der Waals surface area (Å²) in [7, 11) is 0. The number of ether oxygens (including phenoxy) is 1. The summed E-state index contributed by atoms with van der Waals surface area (Å²) in [6.45, 7) is 2.77. The van der Waals surface area contributed by atoms with Gasteiger partial charge in [-0.2, -0.15) is 15.0 Å². The first-order chi connectivity index (χ1) is 9.72. The summed E-state index contributed by atoms with van der Waals surface area (Å²) in [4.78, 5) is 12.9. The molecule has 1 N–H and O–H groups in total. The summed E-state index contributed by atoms with van der Waals surface area (Å²) in [5.41, 5.74) is 3.26. The summed E-state index contributed by atoms with van der Waals surface area (Å²) in [5.74, 6) is -0.0520. The van der Waals surface area contributed by atoms with Crippen LogP contribution in [0.15, 0.2) is 30.6 Å². The Hall–Kier alpha value is -2.21. The molecule has 0 spiro atoms. The van der Waals surface area contributed by atoms with Gasteiger partial charge in [0.05, 0.1) is 30.7 Å². The molecular formula is C14H16N4O2. The van der Waals surface area contributed by atoms with E-state index in [0.29, 0.717) is 6.61 Å². The number of carbonyl (C=O) groups excluding carboxylic acids is 1. The number of benzene rings is 1. The Kier molecular flexibility index (Phi) is 3.47. The molecule has 0 bridgehead atoms. The molecule has 1 aromatic carbocycles. The van der Waals surface area contributed by atoms with E-state index in [1.165, 1.54) is 5.56 Å². The number of morpholine rings is 1. The largest absolute Gasteiger partial charge is 0.369 e. The van der Waals surface area contributed by atoms with Crippen molar-refractivity contribution < 1.29 is 9.53 Å². The lowest BCUT2D eigenvalue weighted by molar-refractivity contribution is -0.131. The van der Waals surface area contributed by atoms with Crippen LogP contribution in [0.1, 0.15) is 11.1 Å². The summed E-state index contributed by atoms with van der Waals surface area (Å²) >= 11 is 0. The first-order valence-electron chi connectivity index (χ1n) is 6.56. The fourth-order valence-corrected chi connectivity index (χ4v) is 2.33. The van der Waals surface area contributed by atoms with Gasteiger partial charge in [0.15, 0.2) is 0 Å². The fourth-order valence-electron chi connectivity index (χ4n) is 2.33. The molecule has 0 aliphatic carbocycles. The van der Waals surface area contributed by atoms with Crippen LogP contribution in [0.3, 0.4) is 0 Å². The van der Waals surface area contributed by atoms with Crippen LogP contribution in [-0.2, 0) is 16.0 Å². The lowest BCUT2D eigenvalue weighted by atomic mass is 10.00. The van der Waals surface area contributed by atoms with Gasteiger partial charge in [-0.3, -0.25) is 4.79 Å². The quantitative estimate of drug-likeness (QED) is 0.890. The van der Waals surface area contributed by atoms with E-state index in [1.54, 1.807) is 17.2 Å². The van der Waals surface area contributed by atoms with Crippen molar-refractivity contribution in [1.29, 1.82) is 0 Å². The Morgan fingerprint density at radius 2 is 2.20 bits per heavy atom. The van der Waals surface area contributed by atoms with E-state index >= 15 is 0 Å². The van der Waals surface area contributed by atoms with Crippen LogP contribution in [0, 0.1) is 6.92 Å². The fraction of sp³-hybridized carbons (Fsp3) is 0.357. The number of nitrogens with one attached hydrogen (secondary N) is 1. The molecule has 1 unspecified atom stereocenters. The minimum atomic E-state index is -0.0520. The predicted molar refractivity (Wildman–Crippen MR) is 72.5 cm³/mol. The standard InChI is InChI=1S/C14H16N4O2/c1-10-2-3-13(18-15-4-5-16-18)7-11(10)6-12-8-20-9-14(19)17-12/h2-5,7,12H,6,8-9H2,1H3,(H,17,19). The third-order valence-corrected chi connectivity index (χ3v) is 3.37. The highest BCUT2D eigenvalue weighted by Gasteiger charge is 2.19. The van der Waals surface area contributed by atoms with Crippen LogP contribution in [0.2, 0.25) is 0 Å². The molecule has 20 heavy (non-hydrogen) atoms. The van der Waals surface area contributed by atoms with Gasteiger partial charge in [0.1, 0.15) is 6.61 Å². The molecule has 1 aliphatic rings. The number of aromatic nitrogens is 3. The van der Waals surface area contributed by atoms with Crippen molar-refractivity contribution >= 4 is 5.91 Å². The van der Waals surface area contributed by atoms with Crippen molar-refractivity contribution in [1.82, 2.24) is 20.3 Å². The highest BCUT2D eigenvalue weighted by Crippen LogP contribution is 2.16. The first kappa shape index (κ1) is 12.8. The van der Waals surface area contributed by atoms with Crippen molar-refractivity contribution in [2.24, 2.45) is 0 Å². The Morgan fingerprint density at radius 1 is 1.40 bits per heavy atom. The van der Waals surface area contributed by atoms with Crippen LogP contribution in [0.25, 0.3) is 5.69 Å². The number of hydrogen-bond donors (Lipinski definition) is 1. The van der Waals surface area contributed by atoms with E-state index in [-0.39, 0.29) is 18.6 Å². The van der Waals surface area contributed by atoms with Gasteiger partial charge < -0.3 is 10.1 Å². The van der Waals surface area contributed by atoms with Crippen LogP contribution >= 0.6 is 0 Å². The number of aryl methyl sites for hydroxylation is 1. The number of carbonyl (C=O) groups is 1. The van der Waals surface area contributed by atoms with E-state index in [2.05, 4.69) is 28.5 Å². The van der Waals surface area contributed by atoms with Gasteiger partial charge in [-0.05, 0) is 36.6 Å². The van der Waals surface area contributed by atoms with Crippen LogP contribution in [0.5, 0.6) is 0 Å². The van der Waals surface area contributed by atoms with E-state index in [4.69, 9.17) is 4.74 Å². The summed E-state index contributed by atoms with van der Waals surface area (Å²) < 4.78 is 5.27. The van der Waals surface area contributed by atoms with Gasteiger partial charge in [0.25, 0.3) is 0 Å². The van der Waals surface area contributed by atoms with Crippen LogP contribution in [-0.4, -0.2) is 40.2 Å². The van der Waals surface area contributed by atoms with Crippen molar-refractivity contribution in [2.75, 3.05) is 13.2 Å². The van der Waals surface area contributed by atoms with Gasteiger partial charge in [0, 0.05) is 0 Å². The third-order valence-electron chi connectivity index (χ3n) is 3.37. The zero-order chi connectivity index (χ0) is 13.9. The highest BCUT2D eigenvalue weighted by molar-refractivity contribution is 5.78. The van der Waals surface area contributed by atoms with E-state index in [0.717, 1.165) is 17.7 Å². The van der Waals surface area contributed by atoms with Crippen molar-refractivity contribution in [3.05, 3.63) is 41.7 Å². The molecular weight excluding hydrogens is 256 g/mol. The molecule has 0 saturated carbocycles. The molecule has 2 heterocycles. The van der Waals surface area contributed by atoms with Gasteiger partial charge in [-0.15, -0.1) is 0 Å². The Balaban J connectivity index is 1.81. The van der Waals surface area contributed by atoms with Crippen molar-refractivity contribution in [2.45, 2.75) is 19.4 Å². The molecule has 1 aliphatic heterocycles. The molecule has 3 rings (SSSR count). The summed E-state index contributed by atoms with van der Waals surface area (Å²) in [6, 6.07) is 6.10. The van der Waals surface area contributed by atoms with E-state index in [9.17, 15) is 4.79 Å². The second-order valence-electron chi connectivity index (χ2n) is 4.91. The molecule has 0 radical (unpaired) electrons. The molecule has 2 aromatic rings. The maximum Gasteiger partial charge on any atom is 0.246 e. The molecule has 6 nitrogen and oxygen atoms in total. The molecule has 1 amide bonds. The molecule has 104 valence electrons. The predicted octanol–water partition coefficient (Wildman–Crippen LogP) is 0.633. The first-order valence-corrected chi connectivity index (χ1v) is 6.56. The Labute approximate surface area is 116 Å². The van der Waals surface area contributed by atoms with Gasteiger partial charge in [0.2, 0.25) is 5.91 Å². The Bertz CT molecular complexity index is 610. The van der Waals surface area contributed by atoms with Gasteiger partial charge in [-0.1, -0.05) is 6.07 Å². The number of nitrogens with zero attached hydrogens (tertiary/aromatic N) is 3. The van der Waals surface area contributed by atoms with Crippen LogP contribution in [0.4, 0.5) is 0 Å². The SMILES string of the molecule is Cc1ccc(-n2nccn2)cc1CC1COCC(=O)N1. The minimum absolute atomic E-state index is 0.0239. The second-order valence-corrected chi connectivity index (χ2v) is 4.91. The topological polar surface area (TPSA) is 69.0 Å². The second kappa shape index (κ2) is 5.42. The average molecular weight is 272 g/mol. The smallest absolute Gasteiger partial charge is 0.246 e. The van der Waals surface area contributed by atoms with E-state index < -0.39 is 0 Å². The molecule has 1 aromatic heterocycles. The van der Waals surface area contributed by atoms with Gasteiger partial charge in [-0.25, -0.2) is 0 Å². The monoisotopic (exact) mass is 272 g/mol. The molecule has 1 atom stereocenters. The van der Waals surface area contributed by atoms with E-state index in [1.807, 2.05) is 12.1 Å². The lowest BCUT2D eigenvalue weighted by Crippen LogP contribution is -2.46. The molecule has 1 fully saturated rings.